The van der Waals surface area contributed by atoms with E-state index in [4.69, 9.17) is 10.2 Å². The number of carbonyl (C=O) groups is 1. The average Bonchev–Trinajstić information content (AvgIpc) is 2.27. The van der Waals surface area contributed by atoms with Crippen LogP contribution in [0.3, 0.4) is 0 Å². The molecule has 1 saturated heterocycles. The summed E-state index contributed by atoms with van der Waals surface area (Å²) in [5.74, 6) is -0.442. The van der Waals surface area contributed by atoms with Crippen molar-refractivity contribution in [3.05, 3.63) is 0 Å². The first kappa shape index (κ1) is 14.4. The fourth-order valence-corrected chi connectivity index (χ4v) is 3.88. The van der Waals surface area contributed by atoms with Gasteiger partial charge in [0, 0.05) is 13.1 Å². The molecule has 0 aromatic carbocycles. The van der Waals surface area contributed by atoms with Gasteiger partial charge < -0.3 is 15.1 Å². The Bertz CT molecular complexity index is 348. The molecule has 0 bridgehead atoms. The van der Waals surface area contributed by atoms with Crippen molar-refractivity contribution in [2.24, 2.45) is 0 Å². The van der Waals surface area contributed by atoms with E-state index in [0.29, 0.717) is 12.8 Å². The summed E-state index contributed by atoms with van der Waals surface area (Å²) in [6, 6.07) is 0. The number of amides is 1. The van der Waals surface area contributed by atoms with Crippen LogP contribution in [-0.2, 0) is 14.6 Å². The second-order valence-corrected chi connectivity index (χ2v) is 6.43. The summed E-state index contributed by atoms with van der Waals surface area (Å²) >= 11 is 0. The molecular weight excluding hydrogens is 246 g/mol. The van der Waals surface area contributed by atoms with Gasteiger partial charge in [-0.1, -0.05) is 6.42 Å². The maximum Gasteiger partial charge on any atom is 0.241 e. The number of aliphatic hydroxyl groups is 2. The zero-order chi connectivity index (χ0) is 12.9. The molecule has 0 saturated carbocycles. The lowest BCUT2D eigenvalue weighted by molar-refractivity contribution is -0.132. The first-order valence-electron chi connectivity index (χ1n) is 5.75. The van der Waals surface area contributed by atoms with Crippen LogP contribution in [0.5, 0.6) is 0 Å². The average molecular weight is 265 g/mol. The minimum atomic E-state index is -3.36. The molecule has 1 unspecified atom stereocenters. The van der Waals surface area contributed by atoms with Gasteiger partial charge in [-0.25, -0.2) is 8.42 Å². The van der Waals surface area contributed by atoms with Gasteiger partial charge in [0.25, 0.3) is 0 Å². The van der Waals surface area contributed by atoms with E-state index >= 15 is 0 Å². The lowest BCUT2D eigenvalue weighted by Crippen LogP contribution is -2.47. The van der Waals surface area contributed by atoms with E-state index in [1.807, 2.05) is 0 Å². The number of hydrogen-bond acceptors (Lipinski definition) is 5. The molecule has 0 spiro atoms. The van der Waals surface area contributed by atoms with Crippen LogP contribution in [0.15, 0.2) is 0 Å². The zero-order valence-electron chi connectivity index (χ0n) is 9.71. The third-order valence-corrected chi connectivity index (χ3v) is 5.07. The third-order valence-electron chi connectivity index (χ3n) is 2.91. The van der Waals surface area contributed by atoms with Gasteiger partial charge >= 0.3 is 0 Å². The molecule has 1 rings (SSSR count). The summed E-state index contributed by atoms with van der Waals surface area (Å²) in [5.41, 5.74) is 0. The molecule has 1 amide bonds. The summed E-state index contributed by atoms with van der Waals surface area (Å²) in [6.45, 7) is -0.353. The topological polar surface area (TPSA) is 94.9 Å². The van der Waals surface area contributed by atoms with Crippen LogP contribution in [0.25, 0.3) is 0 Å². The van der Waals surface area contributed by atoms with Crippen molar-refractivity contribution in [3.63, 3.8) is 0 Å². The Morgan fingerprint density at radius 3 is 2.24 bits per heavy atom. The molecule has 7 heteroatoms. The molecule has 0 radical (unpaired) electrons. The van der Waals surface area contributed by atoms with E-state index in [9.17, 15) is 13.2 Å². The molecule has 1 aliphatic rings. The van der Waals surface area contributed by atoms with E-state index < -0.39 is 21.0 Å². The molecule has 0 aliphatic carbocycles. The lowest BCUT2D eigenvalue weighted by atomic mass is 10.1. The molecule has 100 valence electrons. The highest BCUT2D eigenvalue weighted by atomic mass is 32.2. The highest BCUT2D eigenvalue weighted by Crippen LogP contribution is 2.21. The predicted molar refractivity (Wildman–Crippen MR) is 62.2 cm³/mol. The van der Waals surface area contributed by atoms with Crippen molar-refractivity contribution in [2.45, 2.75) is 24.5 Å². The van der Waals surface area contributed by atoms with Crippen molar-refractivity contribution in [1.82, 2.24) is 4.90 Å². The van der Waals surface area contributed by atoms with Gasteiger partial charge in [-0.3, -0.25) is 4.79 Å². The van der Waals surface area contributed by atoms with Crippen molar-refractivity contribution < 1.29 is 23.4 Å². The summed E-state index contributed by atoms with van der Waals surface area (Å²) in [4.78, 5) is 13.2. The van der Waals surface area contributed by atoms with Crippen LogP contribution >= 0.6 is 0 Å². The Hall–Kier alpha value is -0.660. The molecule has 0 aromatic heterocycles. The van der Waals surface area contributed by atoms with Gasteiger partial charge in [-0.2, -0.15) is 0 Å². The molecule has 1 heterocycles. The van der Waals surface area contributed by atoms with Crippen LogP contribution in [-0.4, -0.2) is 66.7 Å². The van der Waals surface area contributed by atoms with Crippen LogP contribution in [0, 0.1) is 0 Å². The van der Waals surface area contributed by atoms with Gasteiger partial charge in [-0.15, -0.1) is 0 Å². The van der Waals surface area contributed by atoms with Crippen LogP contribution < -0.4 is 0 Å². The minimum Gasteiger partial charge on any atom is -0.395 e. The first-order valence-corrected chi connectivity index (χ1v) is 7.46. The minimum absolute atomic E-state index is 0.0511. The van der Waals surface area contributed by atoms with Crippen molar-refractivity contribution in [2.75, 3.05) is 32.1 Å². The van der Waals surface area contributed by atoms with Gasteiger partial charge in [-0.05, 0) is 12.8 Å². The number of rotatable bonds is 5. The third kappa shape index (κ3) is 3.65. The van der Waals surface area contributed by atoms with Gasteiger partial charge in [0.05, 0.1) is 19.0 Å². The van der Waals surface area contributed by atoms with E-state index in [2.05, 4.69) is 0 Å². The van der Waals surface area contributed by atoms with Crippen LogP contribution in [0.2, 0.25) is 0 Å². The van der Waals surface area contributed by atoms with Crippen molar-refractivity contribution >= 4 is 15.7 Å². The molecule has 1 atom stereocenters. The van der Waals surface area contributed by atoms with E-state index in [-0.39, 0.29) is 32.1 Å². The van der Waals surface area contributed by atoms with E-state index in [1.54, 1.807) is 0 Å². The van der Waals surface area contributed by atoms with Crippen molar-refractivity contribution in [3.8, 4) is 0 Å². The molecule has 17 heavy (non-hydrogen) atoms. The van der Waals surface area contributed by atoms with Crippen LogP contribution in [0.1, 0.15) is 19.3 Å². The number of hydrogen-bond donors (Lipinski definition) is 2. The van der Waals surface area contributed by atoms with E-state index in [1.165, 1.54) is 4.90 Å². The Balaban J connectivity index is 2.78. The quantitative estimate of drug-likeness (QED) is 0.649. The molecular formula is C10H19NO5S. The summed E-state index contributed by atoms with van der Waals surface area (Å²) in [7, 11) is -3.36. The van der Waals surface area contributed by atoms with Gasteiger partial charge in [0.15, 0.2) is 9.84 Å². The maximum absolute atomic E-state index is 12.0. The normalized spacial score (nSPS) is 23.3. The summed E-state index contributed by atoms with van der Waals surface area (Å²) < 4.78 is 23.5. The zero-order valence-corrected chi connectivity index (χ0v) is 10.5. The van der Waals surface area contributed by atoms with Gasteiger partial charge in [0.1, 0.15) is 5.25 Å². The smallest absolute Gasteiger partial charge is 0.241 e. The number of nitrogens with zero attached hydrogens (tertiary/aromatic N) is 1. The Morgan fingerprint density at radius 2 is 1.76 bits per heavy atom. The largest absolute Gasteiger partial charge is 0.395 e. The highest BCUT2D eigenvalue weighted by Gasteiger charge is 2.37. The molecule has 0 aromatic rings. The number of sulfone groups is 1. The fourth-order valence-electron chi connectivity index (χ4n) is 2.01. The standard InChI is InChI=1S/C10H19NO5S/c12-6-4-11(5-7-13)10(14)9-3-1-2-8-17(9,15)16/h9,12-13H,1-8H2. The molecule has 1 fully saturated rings. The molecule has 1 aliphatic heterocycles. The highest BCUT2D eigenvalue weighted by molar-refractivity contribution is 7.92. The first-order chi connectivity index (χ1) is 8.03. The predicted octanol–water partition coefficient (Wildman–Crippen LogP) is -1.23. The van der Waals surface area contributed by atoms with Gasteiger partial charge in [0.2, 0.25) is 5.91 Å². The summed E-state index contributed by atoms with van der Waals surface area (Å²) in [6.07, 6.45) is 1.67. The summed E-state index contributed by atoms with van der Waals surface area (Å²) in [5, 5.41) is 16.6. The Morgan fingerprint density at radius 1 is 1.18 bits per heavy atom. The maximum atomic E-state index is 12.0. The van der Waals surface area contributed by atoms with E-state index in [0.717, 1.165) is 6.42 Å². The second-order valence-electron chi connectivity index (χ2n) is 4.12. The number of carbonyl (C=O) groups excluding carboxylic acids is 1. The lowest BCUT2D eigenvalue weighted by Gasteiger charge is -2.28. The molecule has 2 N–H and O–H groups in total. The Kier molecular flexibility index (Phi) is 5.35. The fraction of sp³-hybridized carbons (Fsp3) is 0.900. The van der Waals surface area contributed by atoms with Crippen LogP contribution in [0.4, 0.5) is 0 Å². The second kappa shape index (κ2) is 6.32. The Labute approximate surface area is 101 Å². The van der Waals surface area contributed by atoms with Crippen molar-refractivity contribution in [1.29, 1.82) is 0 Å². The monoisotopic (exact) mass is 265 g/mol. The molecule has 6 nitrogen and oxygen atoms in total. The SMILES string of the molecule is O=C(C1CCCCS1(=O)=O)N(CCO)CCO. The number of aliphatic hydroxyl groups excluding tert-OH is 2.